The van der Waals surface area contributed by atoms with E-state index in [0.717, 1.165) is 0 Å². The molecule has 17 heavy (non-hydrogen) atoms. The smallest absolute Gasteiger partial charge is 0.337 e. The molecule has 0 aliphatic carbocycles. The quantitative estimate of drug-likeness (QED) is 0.797. The van der Waals surface area contributed by atoms with Gasteiger partial charge in [0.2, 0.25) is 0 Å². The van der Waals surface area contributed by atoms with Gasteiger partial charge in [0.15, 0.2) is 0 Å². The summed E-state index contributed by atoms with van der Waals surface area (Å²) in [5.74, 6) is 0.301. The molecule has 4 heteroatoms. The first kappa shape index (κ1) is 13.5. The minimum atomic E-state index is -0.730. The molecular formula is C13H18O4. The number of methoxy groups -OCH3 is 1. The minimum Gasteiger partial charge on any atom is -0.493 e. The van der Waals surface area contributed by atoms with E-state index in [2.05, 4.69) is 4.74 Å². The fourth-order valence-electron chi connectivity index (χ4n) is 1.22. The molecule has 0 saturated heterocycles. The van der Waals surface area contributed by atoms with Crippen molar-refractivity contribution in [2.75, 3.05) is 13.7 Å². The van der Waals surface area contributed by atoms with Gasteiger partial charge in [-0.2, -0.15) is 0 Å². The average molecular weight is 238 g/mol. The van der Waals surface area contributed by atoms with Gasteiger partial charge < -0.3 is 14.6 Å². The first-order valence-electron chi connectivity index (χ1n) is 5.46. The van der Waals surface area contributed by atoms with Crippen molar-refractivity contribution >= 4 is 5.97 Å². The van der Waals surface area contributed by atoms with E-state index in [0.29, 0.717) is 24.3 Å². The Morgan fingerprint density at radius 2 is 1.88 bits per heavy atom. The summed E-state index contributed by atoms with van der Waals surface area (Å²) in [6.45, 7) is 3.90. The van der Waals surface area contributed by atoms with E-state index >= 15 is 0 Å². The number of ether oxygens (including phenoxy) is 2. The summed E-state index contributed by atoms with van der Waals surface area (Å²) in [7, 11) is 1.34. The van der Waals surface area contributed by atoms with Crippen LogP contribution in [-0.2, 0) is 4.74 Å². The van der Waals surface area contributed by atoms with Crippen LogP contribution in [0, 0.1) is 0 Å². The van der Waals surface area contributed by atoms with Crippen molar-refractivity contribution in [2.24, 2.45) is 0 Å². The maximum Gasteiger partial charge on any atom is 0.337 e. The number of aliphatic hydroxyl groups is 1. The summed E-state index contributed by atoms with van der Waals surface area (Å²) in [4.78, 5) is 11.2. The molecule has 4 nitrogen and oxygen atoms in total. The van der Waals surface area contributed by atoms with E-state index in [1.54, 1.807) is 38.1 Å². The number of esters is 1. The van der Waals surface area contributed by atoms with E-state index in [1.807, 2.05) is 0 Å². The third-order valence-corrected chi connectivity index (χ3v) is 2.26. The van der Waals surface area contributed by atoms with Gasteiger partial charge in [-0.25, -0.2) is 4.79 Å². The molecule has 1 aromatic carbocycles. The summed E-state index contributed by atoms with van der Waals surface area (Å²) in [6, 6.07) is 6.70. The number of carbonyl (C=O) groups is 1. The normalized spacial score (nSPS) is 11.1. The molecule has 0 aliphatic rings. The van der Waals surface area contributed by atoms with Crippen molar-refractivity contribution in [2.45, 2.75) is 25.9 Å². The third-order valence-electron chi connectivity index (χ3n) is 2.26. The topological polar surface area (TPSA) is 55.8 Å². The summed E-state index contributed by atoms with van der Waals surface area (Å²) in [5, 5.41) is 9.50. The number of rotatable bonds is 5. The maximum absolute atomic E-state index is 11.2. The van der Waals surface area contributed by atoms with Gasteiger partial charge in [-0.3, -0.25) is 0 Å². The molecule has 0 heterocycles. The fourth-order valence-corrected chi connectivity index (χ4v) is 1.22. The summed E-state index contributed by atoms with van der Waals surface area (Å²) in [6.07, 6.45) is 0.547. The molecule has 0 unspecified atom stereocenters. The van der Waals surface area contributed by atoms with Crippen molar-refractivity contribution in [3.8, 4) is 5.75 Å². The van der Waals surface area contributed by atoms with Crippen molar-refractivity contribution in [1.29, 1.82) is 0 Å². The van der Waals surface area contributed by atoms with Crippen LogP contribution in [0.25, 0.3) is 0 Å². The molecule has 1 N–H and O–H groups in total. The molecule has 94 valence electrons. The Balaban J connectivity index is 2.49. The first-order valence-corrected chi connectivity index (χ1v) is 5.46. The molecule has 0 atom stereocenters. The lowest BCUT2D eigenvalue weighted by Gasteiger charge is -2.17. The standard InChI is InChI=1S/C13H18O4/c1-13(2,15)8-9-17-11-6-4-10(5-7-11)12(14)16-3/h4-7,15H,8-9H2,1-3H3. The maximum atomic E-state index is 11.2. The highest BCUT2D eigenvalue weighted by atomic mass is 16.5. The molecule has 0 aliphatic heterocycles. The lowest BCUT2D eigenvalue weighted by molar-refractivity contribution is 0.0553. The van der Waals surface area contributed by atoms with E-state index in [9.17, 15) is 9.90 Å². The van der Waals surface area contributed by atoms with Crippen molar-refractivity contribution in [3.63, 3.8) is 0 Å². The van der Waals surface area contributed by atoms with Crippen LogP contribution in [0.15, 0.2) is 24.3 Å². The minimum absolute atomic E-state index is 0.368. The Morgan fingerprint density at radius 3 is 2.35 bits per heavy atom. The Morgan fingerprint density at radius 1 is 1.29 bits per heavy atom. The van der Waals surface area contributed by atoms with Crippen molar-refractivity contribution in [1.82, 2.24) is 0 Å². The lowest BCUT2D eigenvalue weighted by Crippen LogP contribution is -2.21. The van der Waals surface area contributed by atoms with Crippen LogP contribution in [0.4, 0.5) is 0 Å². The lowest BCUT2D eigenvalue weighted by atomic mass is 10.1. The summed E-state index contributed by atoms with van der Waals surface area (Å²) >= 11 is 0. The molecule has 1 aromatic rings. The van der Waals surface area contributed by atoms with Gasteiger partial charge in [0, 0.05) is 6.42 Å². The van der Waals surface area contributed by atoms with Crippen molar-refractivity contribution < 1.29 is 19.4 Å². The number of hydrogen-bond acceptors (Lipinski definition) is 4. The molecule has 0 spiro atoms. The SMILES string of the molecule is COC(=O)c1ccc(OCCC(C)(C)O)cc1. The monoisotopic (exact) mass is 238 g/mol. The largest absolute Gasteiger partial charge is 0.493 e. The van der Waals surface area contributed by atoms with E-state index in [1.165, 1.54) is 7.11 Å². The van der Waals surface area contributed by atoms with Crippen LogP contribution in [-0.4, -0.2) is 30.4 Å². The Kier molecular flexibility index (Phi) is 4.52. The average Bonchev–Trinajstić information content (AvgIpc) is 2.27. The summed E-state index contributed by atoms with van der Waals surface area (Å²) < 4.78 is 10.0. The highest BCUT2D eigenvalue weighted by Gasteiger charge is 2.12. The second-order valence-electron chi connectivity index (χ2n) is 4.43. The first-order chi connectivity index (χ1) is 7.92. The van der Waals surface area contributed by atoms with Gasteiger partial charge in [-0.15, -0.1) is 0 Å². The van der Waals surface area contributed by atoms with Gasteiger partial charge in [-0.1, -0.05) is 0 Å². The predicted molar refractivity (Wildman–Crippen MR) is 64.2 cm³/mol. The van der Waals surface area contributed by atoms with E-state index in [-0.39, 0.29) is 5.97 Å². The number of benzene rings is 1. The summed E-state index contributed by atoms with van der Waals surface area (Å²) in [5.41, 5.74) is -0.242. The second kappa shape index (κ2) is 5.68. The predicted octanol–water partition coefficient (Wildman–Crippen LogP) is 2.01. The van der Waals surface area contributed by atoms with Gasteiger partial charge >= 0.3 is 5.97 Å². The highest BCUT2D eigenvalue weighted by molar-refractivity contribution is 5.89. The zero-order chi connectivity index (χ0) is 12.9. The van der Waals surface area contributed by atoms with Gasteiger partial charge in [0.1, 0.15) is 5.75 Å². The van der Waals surface area contributed by atoms with Gasteiger partial charge in [0.05, 0.1) is 24.9 Å². The van der Waals surface area contributed by atoms with E-state index < -0.39 is 5.60 Å². The number of carbonyl (C=O) groups excluding carboxylic acids is 1. The Labute approximate surface area is 101 Å². The molecule has 0 aromatic heterocycles. The zero-order valence-corrected chi connectivity index (χ0v) is 10.4. The molecule has 0 fully saturated rings. The molecule has 0 bridgehead atoms. The fraction of sp³-hybridized carbons (Fsp3) is 0.462. The van der Waals surface area contributed by atoms with Crippen LogP contribution in [0.2, 0.25) is 0 Å². The van der Waals surface area contributed by atoms with Gasteiger partial charge in [0.25, 0.3) is 0 Å². The molecule has 1 rings (SSSR count). The molecule has 0 radical (unpaired) electrons. The highest BCUT2D eigenvalue weighted by Crippen LogP contribution is 2.14. The van der Waals surface area contributed by atoms with E-state index in [4.69, 9.17) is 4.74 Å². The molecular weight excluding hydrogens is 220 g/mol. The number of hydrogen-bond donors (Lipinski definition) is 1. The van der Waals surface area contributed by atoms with Gasteiger partial charge in [-0.05, 0) is 38.1 Å². The van der Waals surface area contributed by atoms with Crippen LogP contribution < -0.4 is 4.74 Å². The van der Waals surface area contributed by atoms with Crippen LogP contribution in [0.3, 0.4) is 0 Å². The molecule has 0 saturated carbocycles. The Bertz CT molecular complexity index is 362. The van der Waals surface area contributed by atoms with Crippen molar-refractivity contribution in [3.05, 3.63) is 29.8 Å². The Hall–Kier alpha value is -1.55. The van der Waals surface area contributed by atoms with Crippen LogP contribution >= 0.6 is 0 Å². The zero-order valence-electron chi connectivity index (χ0n) is 10.4. The molecule has 0 amide bonds. The second-order valence-corrected chi connectivity index (χ2v) is 4.43. The van der Waals surface area contributed by atoms with Crippen LogP contribution in [0.1, 0.15) is 30.6 Å². The third kappa shape index (κ3) is 4.87. The van der Waals surface area contributed by atoms with Crippen LogP contribution in [0.5, 0.6) is 5.75 Å².